The molecule has 1 saturated heterocycles. The first kappa shape index (κ1) is 18.6. The van der Waals surface area contributed by atoms with Crippen LogP contribution in [0.25, 0.3) is 0 Å². The van der Waals surface area contributed by atoms with Gasteiger partial charge in [-0.25, -0.2) is 4.79 Å². The molecule has 0 atom stereocenters. The third-order valence-electron chi connectivity index (χ3n) is 4.33. The van der Waals surface area contributed by atoms with Gasteiger partial charge in [0.15, 0.2) is 0 Å². The van der Waals surface area contributed by atoms with Crippen LogP contribution in [0, 0.1) is 0 Å². The van der Waals surface area contributed by atoms with E-state index in [0.29, 0.717) is 19.8 Å². The molecule has 0 unspecified atom stereocenters. The van der Waals surface area contributed by atoms with Gasteiger partial charge in [-0.3, -0.25) is 4.90 Å². The Morgan fingerprint density at radius 1 is 0.962 bits per heavy atom. The summed E-state index contributed by atoms with van der Waals surface area (Å²) in [5, 5.41) is 0. The first-order chi connectivity index (χ1) is 12.8. The van der Waals surface area contributed by atoms with Crippen molar-refractivity contribution in [2.24, 2.45) is 0 Å². The summed E-state index contributed by atoms with van der Waals surface area (Å²) >= 11 is 0. The summed E-state index contributed by atoms with van der Waals surface area (Å²) in [4.78, 5) is 14.1. The van der Waals surface area contributed by atoms with Crippen molar-refractivity contribution in [3.63, 3.8) is 0 Å². The minimum Gasteiger partial charge on any atom is -0.462 e. The molecule has 3 rings (SSSR count). The number of hydrogen-bond acceptors (Lipinski definition) is 5. The van der Waals surface area contributed by atoms with Crippen LogP contribution in [0.1, 0.15) is 18.1 Å². The van der Waals surface area contributed by atoms with Crippen molar-refractivity contribution < 1.29 is 19.0 Å². The van der Waals surface area contributed by atoms with Gasteiger partial charge in [-0.2, -0.15) is 0 Å². The molecule has 0 bridgehead atoms. The molecular weight excluding hydrogens is 330 g/mol. The Kier molecular flexibility index (Phi) is 6.77. The molecule has 0 spiro atoms. The number of ether oxygens (including phenoxy) is 3. The molecule has 0 amide bonds. The topological polar surface area (TPSA) is 48.0 Å². The largest absolute Gasteiger partial charge is 0.462 e. The molecule has 0 saturated carbocycles. The summed E-state index contributed by atoms with van der Waals surface area (Å²) in [5.41, 5.74) is 2.46. The van der Waals surface area contributed by atoms with E-state index in [1.807, 2.05) is 36.4 Å². The van der Waals surface area contributed by atoms with Crippen LogP contribution < -0.4 is 0 Å². The number of carbonyl (C=O) groups excluding carboxylic acids is 1. The minimum absolute atomic E-state index is 0.0705. The highest BCUT2D eigenvalue weighted by atomic mass is 16.7. The molecule has 1 heterocycles. The van der Waals surface area contributed by atoms with Crippen molar-refractivity contribution in [2.75, 3.05) is 19.8 Å². The summed E-state index contributed by atoms with van der Waals surface area (Å²) in [6.07, 6.45) is -0.915. The molecular formula is C21H25NO4. The van der Waals surface area contributed by atoms with Crippen LogP contribution in [-0.4, -0.2) is 43.0 Å². The Labute approximate surface area is 154 Å². The first-order valence-corrected chi connectivity index (χ1v) is 8.98. The van der Waals surface area contributed by atoms with Gasteiger partial charge < -0.3 is 14.2 Å². The van der Waals surface area contributed by atoms with Crippen LogP contribution in [0.4, 0.5) is 0 Å². The van der Waals surface area contributed by atoms with Crippen molar-refractivity contribution in [3.05, 3.63) is 71.8 Å². The van der Waals surface area contributed by atoms with Crippen molar-refractivity contribution in [1.29, 1.82) is 0 Å². The van der Waals surface area contributed by atoms with Crippen molar-refractivity contribution in [1.82, 2.24) is 4.90 Å². The number of esters is 1. The van der Waals surface area contributed by atoms with E-state index in [4.69, 9.17) is 14.2 Å². The van der Waals surface area contributed by atoms with E-state index in [2.05, 4.69) is 29.2 Å². The van der Waals surface area contributed by atoms with Crippen LogP contribution in [0.5, 0.6) is 0 Å². The lowest BCUT2D eigenvalue weighted by Gasteiger charge is -2.36. The highest BCUT2D eigenvalue weighted by Gasteiger charge is 2.32. The number of carbonyl (C=O) groups is 1. The van der Waals surface area contributed by atoms with Gasteiger partial charge in [-0.1, -0.05) is 60.7 Å². The van der Waals surface area contributed by atoms with Crippen LogP contribution in [0.3, 0.4) is 0 Å². The molecule has 26 heavy (non-hydrogen) atoms. The lowest BCUT2D eigenvalue weighted by atomic mass is 10.1. The monoisotopic (exact) mass is 355 g/mol. The molecule has 5 heteroatoms. The molecule has 2 aromatic carbocycles. The normalized spacial score (nSPS) is 20.1. The number of rotatable bonds is 7. The van der Waals surface area contributed by atoms with E-state index in [-0.39, 0.29) is 6.04 Å². The highest BCUT2D eigenvalue weighted by Crippen LogP contribution is 2.18. The Bertz CT molecular complexity index is 627. The van der Waals surface area contributed by atoms with Crippen LogP contribution in [-0.2, 0) is 32.1 Å². The van der Waals surface area contributed by atoms with E-state index in [1.54, 1.807) is 6.92 Å². The number of benzene rings is 2. The quantitative estimate of drug-likeness (QED) is 0.715. The molecule has 1 fully saturated rings. The Hall–Kier alpha value is -2.21. The molecule has 5 nitrogen and oxygen atoms in total. The molecule has 138 valence electrons. The van der Waals surface area contributed by atoms with Crippen molar-refractivity contribution >= 4 is 5.97 Å². The van der Waals surface area contributed by atoms with Crippen LogP contribution in [0.2, 0.25) is 0 Å². The summed E-state index contributed by atoms with van der Waals surface area (Å²) in [7, 11) is 0. The minimum atomic E-state index is -0.915. The fourth-order valence-electron chi connectivity index (χ4n) is 3.00. The van der Waals surface area contributed by atoms with Gasteiger partial charge >= 0.3 is 5.97 Å². The lowest BCUT2D eigenvalue weighted by molar-refractivity contribution is -0.224. The smallest absolute Gasteiger partial charge is 0.363 e. The van der Waals surface area contributed by atoms with Gasteiger partial charge in [-0.05, 0) is 18.1 Å². The fourth-order valence-corrected chi connectivity index (χ4v) is 3.00. The number of hydrogen-bond donors (Lipinski definition) is 0. The maximum Gasteiger partial charge on any atom is 0.363 e. The van der Waals surface area contributed by atoms with Gasteiger partial charge in [0.25, 0.3) is 6.29 Å². The highest BCUT2D eigenvalue weighted by molar-refractivity contribution is 5.73. The summed E-state index contributed by atoms with van der Waals surface area (Å²) in [5.74, 6) is -0.455. The predicted molar refractivity (Wildman–Crippen MR) is 98.2 cm³/mol. The van der Waals surface area contributed by atoms with Gasteiger partial charge in [0.1, 0.15) is 0 Å². The zero-order chi connectivity index (χ0) is 18.2. The van der Waals surface area contributed by atoms with Gasteiger partial charge in [0.2, 0.25) is 0 Å². The van der Waals surface area contributed by atoms with Crippen LogP contribution >= 0.6 is 0 Å². The average Bonchev–Trinajstić information content (AvgIpc) is 2.69. The zero-order valence-electron chi connectivity index (χ0n) is 15.0. The maximum atomic E-state index is 11.8. The van der Waals surface area contributed by atoms with E-state index < -0.39 is 12.3 Å². The Balaban J connectivity index is 1.66. The zero-order valence-corrected chi connectivity index (χ0v) is 15.0. The third kappa shape index (κ3) is 5.14. The molecule has 1 aliphatic heterocycles. The van der Waals surface area contributed by atoms with E-state index >= 15 is 0 Å². The van der Waals surface area contributed by atoms with Crippen molar-refractivity contribution in [2.45, 2.75) is 32.3 Å². The maximum absolute atomic E-state index is 11.8. The average molecular weight is 355 g/mol. The van der Waals surface area contributed by atoms with Gasteiger partial charge in [0, 0.05) is 13.1 Å². The van der Waals surface area contributed by atoms with E-state index in [0.717, 1.165) is 13.1 Å². The molecule has 0 aromatic heterocycles. The fraction of sp³-hybridized carbons (Fsp3) is 0.381. The standard InChI is InChI=1S/C21H25NO4/c1-2-24-20(23)21-25-15-19(16-26-21)22(13-17-9-5-3-6-10-17)14-18-11-7-4-8-12-18/h3-12,19,21H,2,13-16H2,1H3/t19-,21-. The van der Waals surface area contributed by atoms with Gasteiger partial charge in [0.05, 0.1) is 25.9 Å². The SMILES string of the molecule is CCOC(=O)[C@H]1OC[C@H](N(Cc2ccccc2)Cc2ccccc2)CO1. The molecule has 0 N–H and O–H groups in total. The third-order valence-corrected chi connectivity index (χ3v) is 4.33. The van der Waals surface area contributed by atoms with Crippen molar-refractivity contribution in [3.8, 4) is 0 Å². The molecule has 2 aromatic rings. The Morgan fingerprint density at radius 2 is 1.46 bits per heavy atom. The predicted octanol–water partition coefficient (Wildman–Crippen LogP) is 2.99. The summed E-state index contributed by atoms with van der Waals surface area (Å²) in [6.45, 7) is 4.53. The lowest BCUT2D eigenvalue weighted by Crippen LogP contribution is -2.48. The molecule has 0 aliphatic carbocycles. The first-order valence-electron chi connectivity index (χ1n) is 8.98. The Morgan fingerprint density at radius 3 is 1.92 bits per heavy atom. The summed E-state index contributed by atoms with van der Waals surface area (Å²) in [6, 6.07) is 20.7. The summed E-state index contributed by atoms with van der Waals surface area (Å²) < 4.78 is 16.2. The van der Waals surface area contributed by atoms with E-state index in [9.17, 15) is 4.79 Å². The van der Waals surface area contributed by atoms with Crippen LogP contribution in [0.15, 0.2) is 60.7 Å². The molecule has 1 aliphatic rings. The second-order valence-electron chi connectivity index (χ2n) is 6.28. The number of nitrogens with zero attached hydrogens (tertiary/aromatic N) is 1. The molecule has 0 radical (unpaired) electrons. The second kappa shape index (κ2) is 9.48. The van der Waals surface area contributed by atoms with E-state index in [1.165, 1.54) is 11.1 Å². The van der Waals surface area contributed by atoms with Gasteiger partial charge in [-0.15, -0.1) is 0 Å². The second-order valence-corrected chi connectivity index (χ2v) is 6.28.